The second kappa shape index (κ2) is 9.59. The van der Waals surface area contributed by atoms with Crippen LogP contribution in [0.4, 0.5) is 4.79 Å². The van der Waals surface area contributed by atoms with Crippen molar-refractivity contribution in [3.63, 3.8) is 0 Å². The van der Waals surface area contributed by atoms with Crippen molar-refractivity contribution >= 4 is 28.8 Å². The predicted octanol–water partition coefficient (Wildman–Crippen LogP) is 1.60. The van der Waals surface area contributed by atoms with Crippen molar-refractivity contribution in [2.45, 2.75) is 19.9 Å². The topological polar surface area (TPSA) is 113 Å². The number of ether oxygens (including phenoxy) is 3. The molecule has 1 unspecified atom stereocenters. The summed E-state index contributed by atoms with van der Waals surface area (Å²) in [5, 5.41) is 3.44. The molecule has 0 spiro atoms. The molecule has 2 aromatic rings. The van der Waals surface area contributed by atoms with Crippen LogP contribution in [0.2, 0.25) is 0 Å². The van der Waals surface area contributed by atoms with Gasteiger partial charge in [0.1, 0.15) is 23.2 Å². The maximum Gasteiger partial charge on any atom is 0.409 e. The molecule has 10 nitrogen and oxygen atoms in total. The molecule has 168 valence electrons. The highest BCUT2D eigenvalue weighted by atomic mass is 16.6. The van der Waals surface area contributed by atoms with Gasteiger partial charge in [-0.3, -0.25) is 9.59 Å². The van der Waals surface area contributed by atoms with Gasteiger partial charge in [-0.05, 0) is 32.0 Å². The van der Waals surface area contributed by atoms with Crippen molar-refractivity contribution in [1.82, 2.24) is 20.1 Å². The fourth-order valence-corrected chi connectivity index (χ4v) is 3.57. The number of benzene rings is 1. The van der Waals surface area contributed by atoms with E-state index in [0.717, 1.165) is 0 Å². The van der Waals surface area contributed by atoms with Crippen molar-refractivity contribution in [3.8, 4) is 11.5 Å². The van der Waals surface area contributed by atoms with Gasteiger partial charge in [0.2, 0.25) is 5.91 Å². The van der Waals surface area contributed by atoms with Crippen molar-refractivity contribution in [3.05, 3.63) is 23.9 Å². The van der Waals surface area contributed by atoms with Gasteiger partial charge in [0, 0.05) is 31.6 Å². The molecule has 1 atom stereocenters. The highest BCUT2D eigenvalue weighted by molar-refractivity contribution is 6.02. The Bertz CT molecular complexity index is 923. The number of methoxy groups -OCH3 is 2. The molecule has 1 saturated heterocycles. The maximum atomic E-state index is 12.8. The molecule has 0 bridgehead atoms. The van der Waals surface area contributed by atoms with Crippen LogP contribution in [0.5, 0.6) is 11.5 Å². The van der Waals surface area contributed by atoms with E-state index in [0.29, 0.717) is 60.9 Å². The van der Waals surface area contributed by atoms with E-state index in [4.69, 9.17) is 14.2 Å². The minimum absolute atomic E-state index is 0.205. The van der Waals surface area contributed by atoms with Crippen LogP contribution in [-0.2, 0) is 9.53 Å². The Morgan fingerprint density at radius 2 is 1.68 bits per heavy atom. The van der Waals surface area contributed by atoms with E-state index >= 15 is 0 Å². The average molecular weight is 432 g/mol. The highest BCUT2D eigenvalue weighted by Crippen LogP contribution is 2.33. The van der Waals surface area contributed by atoms with Crippen LogP contribution in [0.25, 0.3) is 10.9 Å². The summed E-state index contributed by atoms with van der Waals surface area (Å²) < 4.78 is 15.7. The first-order valence-corrected chi connectivity index (χ1v) is 10.1. The zero-order valence-electron chi connectivity index (χ0n) is 18.2. The van der Waals surface area contributed by atoms with Gasteiger partial charge in [-0.1, -0.05) is 0 Å². The monoisotopic (exact) mass is 432 g/mol. The highest BCUT2D eigenvalue weighted by Gasteiger charge is 2.28. The van der Waals surface area contributed by atoms with E-state index in [2.05, 4.69) is 10.3 Å². The van der Waals surface area contributed by atoms with E-state index in [9.17, 15) is 14.4 Å². The maximum absolute atomic E-state index is 12.8. The Morgan fingerprint density at radius 3 is 2.29 bits per heavy atom. The second-order valence-electron chi connectivity index (χ2n) is 7.15. The molecule has 1 aromatic heterocycles. The van der Waals surface area contributed by atoms with Crippen LogP contribution in [0.1, 0.15) is 24.3 Å². The standard InChI is InChI=1S/C21H28N4O6/c1-5-31-21(28)25-10-8-24(9-11-25)20(27)13(2)22-19(26)15-12-14-16(29-3)6-7-17(30-4)18(14)23-15/h6-7,12-13,23H,5,8-11H2,1-4H3,(H,22,26). The van der Waals surface area contributed by atoms with Crippen LogP contribution >= 0.6 is 0 Å². The summed E-state index contributed by atoms with van der Waals surface area (Å²) in [6.07, 6.45) is -0.374. The van der Waals surface area contributed by atoms with Gasteiger partial charge in [0.25, 0.3) is 5.91 Å². The second-order valence-corrected chi connectivity index (χ2v) is 7.15. The summed E-state index contributed by atoms with van der Waals surface area (Å²) in [5.41, 5.74) is 0.936. The Balaban J connectivity index is 1.64. The lowest BCUT2D eigenvalue weighted by atomic mass is 10.2. The molecule has 1 fully saturated rings. The van der Waals surface area contributed by atoms with Crippen LogP contribution in [0.15, 0.2) is 18.2 Å². The third-order valence-corrected chi connectivity index (χ3v) is 5.24. The zero-order valence-corrected chi connectivity index (χ0v) is 18.2. The smallest absolute Gasteiger partial charge is 0.409 e. The first kappa shape index (κ1) is 22.3. The molecular weight excluding hydrogens is 404 g/mol. The van der Waals surface area contributed by atoms with Crippen molar-refractivity contribution in [2.24, 2.45) is 0 Å². The first-order valence-electron chi connectivity index (χ1n) is 10.1. The lowest BCUT2D eigenvalue weighted by Crippen LogP contribution is -2.55. The molecule has 1 aromatic carbocycles. The van der Waals surface area contributed by atoms with Crippen LogP contribution in [0, 0.1) is 0 Å². The molecule has 2 N–H and O–H groups in total. The van der Waals surface area contributed by atoms with Crippen molar-refractivity contribution in [1.29, 1.82) is 0 Å². The number of H-pyrrole nitrogens is 1. The molecule has 0 saturated carbocycles. The van der Waals surface area contributed by atoms with E-state index in [1.165, 1.54) is 0 Å². The SMILES string of the molecule is CCOC(=O)N1CCN(C(=O)C(C)NC(=O)c2cc3c(OC)ccc(OC)c3[nH]2)CC1. The molecule has 1 aliphatic rings. The number of rotatable bonds is 6. The molecule has 0 aliphatic carbocycles. The van der Waals surface area contributed by atoms with Gasteiger partial charge in [-0.2, -0.15) is 0 Å². The molecular formula is C21H28N4O6. The van der Waals surface area contributed by atoms with E-state index in [1.807, 2.05) is 0 Å². The Labute approximate surface area is 180 Å². The number of aromatic amines is 1. The van der Waals surface area contributed by atoms with Gasteiger partial charge >= 0.3 is 6.09 Å². The number of nitrogens with zero attached hydrogens (tertiary/aromatic N) is 2. The number of fused-ring (bicyclic) bond motifs is 1. The van der Waals surface area contributed by atoms with E-state index in [-0.39, 0.29) is 12.0 Å². The number of hydrogen-bond acceptors (Lipinski definition) is 6. The molecule has 3 rings (SSSR count). The Kier molecular flexibility index (Phi) is 6.88. The molecule has 3 amide bonds. The normalized spacial score (nSPS) is 14.8. The van der Waals surface area contributed by atoms with Crippen molar-refractivity contribution in [2.75, 3.05) is 47.0 Å². The number of carbonyl (C=O) groups excluding carboxylic acids is 3. The summed E-state index contributed by atoms with van der Waals surface area (Å²) in [4.78, 5) is 43.6. The Morgan fingerprint density at radius 1 is 1.06 bits per heavy atom. The molecule has 1 aliphatic heterocycles. The first-order chi connectivity index (χ1) is 14.9. The average Bonchev–Trinajstić information content (AvgIpc) is 3.24. The predicted molar refractivity (Wildman–Crippen MR) is 114 cm³/mol. The lowest BCUT2D eigenvalue weighted by molar-refractivity contribution is -0.134. The van der Waals surface area contributed by atoms with Gasteiger partial charge in [-0.25, -0.2) is 4.79 Å². The van der Waals surface area contributed by atoms with Gasteiger partial charge in [0.15, 0.2) is 0 Å². The van der Waals surface area contributed by atoms with E-state index in [1.54, 1.807) is 56.1 Å². The minimum atomic E-state index is -0.725. The summed E-state index contributed by atoms with van der Waals surface area (Å²) in [6, 6.07) is 4.46. The number of nitrogens with one attached hydrogen (secondary N) is 2. The number of hydrogen-bond donors (Lipinski definition) is 2. The minimum Gasteiger partial charge on any atom is -0.496 e. The number of piperazine rings is 1. The summed E-state index contributed by atoms with van der Waals surface area (Å²) >= 11 is 0. The quantitative estimate of drug-likeness (QED) is 0.717. The van der Waals surface area contributed by atoms with Crippen LogP contribution in [-0.4, -0.2) is 85.7 Å². The van der Waals surface area contributed by atoms with Gasteiger partial charge in [0.05, 0.1) is 26.3 Å². The fraction of sp³-hybridized carbons (Fsp3) is 0.476. The fourth-order valence-electron chi connectivity index (χ4n) is 3.57. The summed E-state index contributed by atoms with van der Waals surface area (Å²) in [6.45, 7) is 5.27. The van der Waals surface area contributed by atoms with Crippen LogP contribution < -0.4 is 14.8 Å². The van der Waals surface area contributed by atoms with Crippen LogP contribution in [0.3, 0.4) is 0 Å². The Hall–Kier alpha value is -3.43. The zero-order chi connectivity index (χ0) is 22.5. The third-order valence-electron chi connectivity index (χ3n) is 5.24. The third kappa shape index (κ3) is 4.68. The molecule has 31 heavy (non-hydrogen) atoms. The largest absolute Gasteiger partial charge is 0.496 e. The van der Waals surface area contributed by atoms with Gasteiger partial charge in [-0.15, -0.1) is 0 Å². The molecule has 2 heterocycles. The molecule has 0 radical (unpaired) electrons. The number of amides is 3. The number of carbonyl (C=O) groups is 3. The van der Waals surface area contributed by atoms with E-state index < -0.39 is 11.9 Å². The summed E-state index contributed by atoms with van der Waals surface area (Å²) in [7, 11) is 3.10. The number of aromatic nitrogens is 1. The van der Waals surface area contributed by atoms with Gasteiger partial charge < -0.3 is 34.3 Å². The lowest BCUT2D eigenvalue weighted by Gasteiger charge is -2.35. The molecule has 10 heteroatoms. The summed E-state index contributed by atoms with van der Waals surface area (Å²) in [5.74, 6) is 0.572. The van der Waals surface area contributed by atoms with Crippen molar-refractivity contribution < 1.29 is 28.6 Å².